The Morgan fingerprint density at radius 2 is 1.64 bits per heavy atom. The van der Waals surface area contributed by atoms with Crippen molar-refractivity contribution in [2.45, 2.75) is 33.5 Å². The van der Waals surface area contributed by atoms with E-state index in [4.69, 9.17) is 9.57 Å². The van der Waals surface area contributed by atoms with Gasteiger partial charge in [-0.05, 0) is 20.3 Å². The highest BCUT2D eigenvalue weighted by Gasteiger charge is 2.36. The molecule has 0 heterocycles. The first-order chi connectivity index (χ1) is 13.4. The summed E-state index contributed by atoms with van der Waals surface area (Å²) in [5, 5.41) is 22.8. The molecule has 1 aliphatic rings. The van der Waals surface area contributed by atoms with Gasteiger partial charge in [-0.15, -0.1) is 0 Å². The second-order valence-electron chi connectivity index (χ2n) is 6.45. The molecule has 0 bridgehead atoms. The summed E-state index contributed by atoms with van der Waals surface area (Å²) >= 11 is 0. The van der Waals surface area contributed by atoms with Crippen molar-refractivity contribution >= 4 is 17.3 Å². The fraction of sp³-hybridized carbons (Fsp3) is 0.333. The molecular weight excluding hydrogens is 362 g/mol. The Labute approximate surface area is 163 Å². The van der Waals surface area contributed by atoms with E-state index in [9.17, 15) is 19.8 Å². The molecule has 28 heavy (non-hydrogen) atoms. The predicted molar refractivity (Wildman–Crippen MR) is 103 cm³/mol. The van der Waals surface area contributed by atoms with Crippen LogP contribution in [0, 0.1) is 0 Å². The van der Waals surface area contributed by atoms with E-state index < -0.39 is 23.6 Å². The Kier molecular flexibility index (Phi) is 5.67. The molecule has 0 fully saturated rings. The van der Waals surface area contributed by atoms with Crippen molar-refractivity contribution in [3.63, 3.8) is 0 Å². The maximum Gasteiger partial charge on any atom is 0.198 e. The van der Waals surface area contributed by atoms with Gasteiger partial charge in [-0.2, -0.15) is 0 Å². The maximum absolute atomic E-state index is 13.0. The number of hydroxylamine groups is 1. The van der Waals surface area contributed by atoms with Gasteiger partial charge in [0.2, 0.25) is 0 Å². The highest BCUT2D eigenvalue weighted by molar-refractivity contribution is 6.30. The number of aromatic hydroxyl groups is 2. The number of hydrogen-bond acceptors (Lipinski definition) is 7. The molecule has 2 N–H and O–H groups in total. The Bertz CT molecular complexity index is 923. The third-order valence-corrected chi connectivity index (χ3v) is 4.50. The first kappa shape index (κ1) is 19.9. The molecule has 0 amide bonds. The Morgan fingerprint density at radius 1 is 1.04 bits per heavy atom. The van der Waals surface area contributed by atoms with Crippen molar-refractivity contribution in [2.75, 3.05) is 18.2 Å². The van der Waals surface area contributed by atoms with Crippen molar-refractivity contribution in [3.8, 4) is 11.5 Å². The monoisotopic (exact) mass is 385 g/mol. The average Bonchev–Trinajstić information content (AvgIpc) is 2.67. The fourth-order valence-corrected chi connectivity index (χ4v) is 3.31. The second kappa shape index (κ2) is 8.00. The first-order valence-corrected chi connectivity index (χ1v) is 9.23. The molecule has 7 nitrogen and oxygen atoms in total. The standard InChI is InChI=1S/C21H23NO6/c1-4-10-22(28-12(3)27-5-2)15-11-16(23)17-18(21(15)26)20(25)14-9-7-6-8-13(14)19(17)24/h6-9,11-12,23,26H,4-5,10H2,1-3H3. The minimum absolute atomic E-state index is 0.102. The number of carbonyl (C=O) groups is 2. The van der Waals surface area contributed by atoms with Gasteiger partial charge < -0.3 is 14.9 Å². The Hall–Kier alpha value is -2.90. The van der Waals surface area contributed by atoms with Gasteiger partial charge in [0, 0.05) is 30.3 Å². The number of nitrogens with zero attached hydrogens (tertiary/aromatic N) is 1. The largest absolute Gasteiger partial charge is 0.507 e. The van der Waals surface area contributed by atoms with Gasteiger partial charge in [-0.25, -0.2) is 9.90 Å². The molecular formula is C21H23NO6. The number of benzene rings is 2. The van der Waals surface area contributed by atoms with E-state index in [0.29, 0.717) is 19.6 Å². The zero-order chi connectivity index (χ0) is 20.4. The van der Waals surface area contributed by atoms with Crippen LogP contribution in [-0.2, 0) is 9.57 Å². The van der Waals surface area contributed by atoms with Gasteiger partial charge in [-0.1, -0.05) is 31.2 Å². The van der Waals surface area contributed by atoms with E-state index in [1.807, 2.05) is 13.8 Å². The molecule has 0 saturated carbocycles. The summed E-state index contributed by atoms with van der Waals surface area (Å²) in [6.07, 6.45) is 0.0680. The Balaban J connectivity index is 2.13. The maximum atomic E-state index is 13.0. The number of carbonyl (C=O) groups excluding carboxylic acids is 2. The molecule has 148 valence electrons. The summed E-state index contributed by atoms with van der Waals surface area (Å²) in [5.41, 5.74) is 0.0866. The number of ketones is 2. The number of anilines is 1. The van der Waals surface area contributed by atoms with Crippen LogP contribution in [0.5, 0.6) is 11.5 Å². The lowest BCUT2D eigenvalue weighted by Crippen LogP contribution is -2.31. The van der Waals surface area contributed by atoms with Gasteiger partial charge in [-0.3, -0.25) is 9.59 Å². The van der Waals surface area contributed by atoms with Crippen LogP contribution in [0.2, 0.25) is 0 Å². The highest BCUT2D eigenvalue weighted by atomic mass is 16.8. The molecule has 7 heteroatoms. The Morgan fingerprint density at radius 3 is 2.21 bits per heavy atom. The lowest BCUT2D eigenvalue weighted by atomic mass is 9.82. The molecule has 2 aromatic carbocycles. The summed E-state index contributed by atoms with van der Waals surface area (Å²) in [6.45, 7) is 6.26. The average molecular weight is 385 g/mol. The van der Waals surface area contributed by atoms with Crippen molar-refractivity contribution in [1.82, 2.24) is 0 Å². The molecule has 2 aromatic rings. The number of phenolic OH excluding ortho intramolecular Hbond substituents is 2. The van der Waals surface area contributed by atoms with Crippen molar-refractivity contribution in [3.05, 3.63) is 52.6 Å². The van der Waals surface area contributed by atoms with E-state index >= 15 is 0 Å². The second-order valence-corrected chi connectivity index (χ2v) is 6.45. The zero-order valence-corrected chi connectivity index (χ0v) is 16.1. The quantitative estimate of drug-likeness (QED) is 0.365. The summed E-state index contributed by atoms with van der Waals surface area (Å²) in [6, 6.07) is 7.58. The van der Waals surface area contributed by atoms with Crippen LogP contribution < -0.4 is 5.06 Å². The molecule has 3 rings (SSSR count). The number of phenols is 2. The number of ether oxygens (including phenoxy) is 1. The lowest BCUT2D eigenvalue weighted by molar-refractivity contribution is -0.136. The van der Waals surface area contributed by atoms with Crippen molar-refractivity contribution < 1.29 is 29.4 Å². The molecule has 0 radical (unpaired) electrons. The smallest absolute Gasteiger partial charge is 0.198 e. The van der Waals surface area contributed by atoms with Gasteiger partial charge in [0.1, 0.15) is 11.4 Å². The van der Waals surface area contributed by atoms with Crippen LogP contribution in [0.25, 0.3) is 0 Å². The molecule has 1 atom stereocenters. The summed E-state index contributed by atoms with van der Waals surface area (Å²) in [7, 11) is 0. The predicted octanol–water partition coefficient (Wildman–Crippen LogP) is 3.40. The number of hydrogen-bond donors (Lipinski definition) is 2. The zero-order valence-electron chi connectivity index (χ0n) is 16.1. The third-order valence-electron chi connectivity index (χ3n) is 4.50. The lowest BCUT2D eigenvalue weighted by Gasteiger charge is -2.29. The van der Waals surface area contributed by atoms with Crippen LogP contribution >= 0.6 is 0 Å². The van der Waals surface area contributed by atoms with Gasteiger partial charge >= 0.3 is 0 Å². The van der Waals surface area contributed by atoms with Crippen LogP contribution in [0.4, 0.5) is 5.69 Å². The van der Waals surface area contributed by atoms with E-state index in [2.05, 4.69) is 0 Å². The topological polar surface area (TPSA) is 96.3 Å². The van der Waals surface area contributed by atoms with Gasteiger partial charge in [0.25, 0.3) is 0 Å². The molecule has 0 saturated heterocycles. The van der Waals surface area contributed by atoms with E-state index in [1.165, 1.54) is 23.3 Å². The summed E-state index contributed by atoms with van der Waals surface area (Å²) < 4.78 is 5.38. The summed E-state index contributed by atoms with van der Waals surface area (Å²) in [4.78, 5) is 31.5. The molecule has 0 aliphatic heterocycles. The van der Waals surface area contributed by atoms with E-state index in [-0.39, 0.29) is 33.7 Å². The summed E-state index contributed by atoms with van der Waals surface area (Å²) in [5.74, 6) is -1.81. The van der Waals surface area contributed by atoms with Crippen molar-refractivity contribution in [2.24, 2.45) is 0 Å². The number of rotatable bonds is 7. The van der Waals surface area contributed by atoms with Crippen molar-refractivity contribution in [1.29, 1.82) is 0 Å². The SMILES string of the molecule is CCCN(OC(C)OCC)c1cc(O)c2c(c1O)C(=O)c1ccccc1C2=O. The molecule has 0 aromatic heterocycles. The van der Waals surface area contributed by atoms with E-state index in [0.717, 1.165) is 0 Å². The minimum Gasteiger partial charge on any atom is -0.507 e. The van der Waals surface area contributed by atoms with Gasteiger partial charge in [0.05, 0.1) is 11.1 Å². The third kappa shape index (κ3) is 3.34. The van der Waals surface area contributed by atoms with Crippen LogP contribution in [-0.4, -0.2) is 41.2 Å². The molecule has 0 spiro atoms. The van der Waals surface area contributed by atoms with Crippen LogP contribution in [0.15, 0.2) is 30.3 Å². The normalized spacial score (nSPS) is 13.8. The van der Waals surface area contributed by atoms with Gasteiger partial charge in [0.15, 0.2) is 23.6 Å². The van der Waals surface area contributed by atoms with Crippen LogP contribution in [0.3, 0.4) is 0 Å². The minimum atomic E-state index is -0.604. The highest BCUT2D eigenvalue weighted by Crippen LogP contribution is 2.43. The first-order valence-electron chi connectivity index (χ1n) is 9.23. The molecule has 1 unspecified atom stereocenters. The van der Waals surface area contributed by atoms with Crippen LogP contribution in [0.1, 0.15) is 59.0 Å². The fourth-order valence-electron chi connectivity index (χ4n) is 3.31. The number of fused-ring (bicyclic) bond motifs is 2. The molecule has 1 aliphatic carbocycles. The van der Waals surface area contributed by atoms with E-state index in [1.54, 1.807) is 19.1 Å².